The Labute approximate surface area is 226 Å². The molecule has 0 radical (unpaired) electrons. The number of fused-ring (bicyclic) bond motifs is 1. The first-order chi connectivity index (χ1) is 17.5. The van der Waals surface area contributed by atoms with Gasteiger partial charge < -0.3 is 19.7 Å². The lowest BCUT2D eigenvalue weighted by molar-refractivity contribution is -0.172. The van der Waals surface area contributed by atoms with E-state index in [4.69, 9.17) is 32.7 Å². The van der Waals surface area contributed by atoms with Gasteiger partial charge in [-0.15, -0.1) is 0 Å². The third-order valence-corrected chi connectivity index (χ3v) is 7.68. The third kappa shape index (κ3) is 4.56. The SMILES string of the molecule is C[C@@H](c1ccc(Cl)cc1)N1C(=O)c2cc(C(C)(C)O)ccc2[C@]1(O[C@H]1COC[C@H]1O)c1ccc(Cl)cc1. The molecule has 8 heteroatoms. The van der Waals surface area contributed by atoms with Crippen LogP contribution in [0.4, 0.5) is 0 Å². The number of rotatable bonds is 6. The Morgan fingerprint density at radius 1 is 1.03 bits per heavy atom. The normalized spacial score (nSPS) is 24.4. The van der Waals surface area contributed by atoms with Gasteiger partial charge in [0, 0.05) is 26.7 Å². The maximum absolute atomic E-state index is 14.3. The highest BCUT2D eigenvalue weighted by Crippen LogP contribution is 2.51. The van der Waals surface area contributed by atoms with Gasteiger partial charge in [-0.25, -0.2) is 0 Å². The highest BCUT2D eigenvalue weighted by atomic mass is 35.5. The molecule has 194 valence electrons. The van der Waals surface area contributed by atoms with Crippen LogP contribution in [0.3, 0.4) is 0 Å². The summed E-state index contributed by atoms with van der Waals surface area (Å²) < 4.78 is 12.3. The van der Waals surface area contributed by atoms with Crippen molar-refractivity contribution in [3.63, 3.8) is 0 Å². The molecule has 5 rings (SSSR count). The molecule has 2 aliphatic heterocycles. The zero-order valence-corrected chi connectivity index (χ0v) is 22.3. The van der Waals surface area contributed by atoms with Crippen LogP contribution in [0.25, 0.3) is 0 Å². The van der Waals surface area contributed by atoms with E-state index in [-0.39, 0.29) is 19.1 Å². The predicted molar refractivity (Wildman–Crippen MR) is 142 cm³/mol. The summed E-state index contributed by atoms with van der Waals surface area (Å²) in [5.41, 5.74) is 0.641. The van der Waals surface area contributed by atoms with Crippen molar-refractivity contribution in [2.75, 3.05) is 13.2 Å². The molecule has 0 spiro atoms. The van der Waals surface area contributed by atoms with E-state index < -0.39 is 29.6 Å². The van der Waals surface area contributed by atoms with Gasteiger partial charge >= 0.3 is 0 Å². The number of aliphatic hydroxyl groups excluding tert-OH is 1. The molecule has 3 aromatic carbocycles. The van der Waals surface area contributed by atoms with Crippen molar-refractivity contribution in [1.29, 1.82) is 0 Å². The Kier molecular flexibility index (Phi) is 6.86. The molecule has 3 aromatic rings. The summed E-state index contributed by atoms with van der Waals surface area (Å²) in [6, 6.07) is 19.4. The number of carbonyl (C=O) groups excluding carboxylic acids is 1. The number of halogens is 2. The second-order valence-electron chi connectivity index (χ2n) is 10.1. The monoisotopic (exact) mass is 541 g/mol. The predicted octanol–water partition coefficient (Wildman–Crippen LogP) is 5.42. The lowest BCUT2D eigenvalue weighted by Gasteiger charge is -2.44. The molecule has 4 atom stereocenters. The summed E-state index contributed by atoms with van der Waals surface area (Å²) in [4.78, 5) is 16.0. The van der Waals surface area contributed by atoms with Gasteiger partial charge in [0.05, 0.1) is 24.9 Å². The largest absolute Gasteiger partial charge is 0.388 e. The molecule has 0 bridgehead atoms. The van der Waals surface area contributed by atoms with Crippen LogP contribution in [-0.4, -0.2) is 46.4 Å². The van der Waals surface area contributed by atoms with Gasteiger partial charge in [0.2, 0.25) is 0 Å². The highest BCUT2D eigenvalue weighted by Gasteiger charge is 2.56. The van der Waals surface area contributed by atoms with Crippen molar-refractivity contribution in [3.8, 4) is 0 Å². The van der Waals surface area contributed by atoms with Crippen LogP contribution >= 0.6 is 23.2 Å². The maximum Gasteiger partial charge on any atom is 0.257 e. The number of nitrogens with zero attached hydrogens (tertiary/aromatic N) is 1. The van der Waals surface area contributed by atoms with E-state index in [1.165, 1.54) is 0 Å². The molecule has 37 heavy (non-hydrogen) atoms. The van der Waals surface area contributed by atoms with Crippen LogP contribution < -0.4 is 0 Å². The number of ether oxygens (including phenoxy) is 2. The van der Waals surface area contributed by atoms with Crippen molar-refractivity contribution < 1.29 is 24.5 Å². The summed E-state index contributed by atoms with van der Waals surface area (Å²) in [5.74, 6) is -0.257. The third-order valence-electron chi connectivity index (χ3n) is 7.18. The Hall–Kier alpha value is -2.45. The fourth-order valence-electron chi connectivity index (χ4n) is 5.15. The minimum atomic E-state index is -1.40. The fraction of sp³-hybridized carbons (Fsp3) is 0.345. The Bertz CT molecular complexity index is 1310. The van der Waals surface area contributed by atoms with Gasteiger partial charge in [-0.1, -0.05) is 59.6 Å². The van der Waals surface area contributed by atoms with Gasteiger partial charge in [-0.2, -0.15) is 0 Å². The molecule has 0 aromatic heterocycles. The first kappa shape index (κ1) is 26.2. The lowest BCUT2D eigenvalue weighted by Crippen LogP contribution is -2.51. The average molecular weight is 542 g/mol. The van der Waals surface area contributed by atoms with Crippen molar-refractivity contribution >= 4 is 29.1 Å². The lowest BCUT2D eigenvalue weighted by atomic mass is 9.88. The van der Waals surface area contributed by atoms with Crippen LogP contribution in [-0.2, 0) is 20.8 Å². The number of carbonyl (C=O) groups is 1. The second kappa shape index (κ2) is 9.70. The molecule has 2 heterocycles. The quantitative estimate of drug-likeness (QED) is 0.435. The number of amides is 1. The molecule has 6 nitrogen and oxygen atoms in total. The van der Waals surface area contributed by atoms with Crippen LogP contribution in [0.15, 0.2) is 66.7 Å². The molecule has 1 amide bonds. The zero-order chi connectivity index (χ0) is 26.5. The summed E-state index contributed by atoms with van der Waals surface area (Å²) in [5, 5.41) is 22.5. The van der Waals surface area contributed by atoms with Gasteiger partial charge in [-0.05, 0) is 62.2 Å². The van der Waals surface area contributed by atoms with E-state index in [1.807, 2.05) is 37.3 Å². The first-order valence-corrected chi connectivity index (χ1v) is 12.9. The van der Waals surface area contributed by atoms with Crippen LogP contribution in [0.5, 0.6) is 0 Å². The summed E-state index contributed by atoms with van der Waals surface area (Å²) in [6.07, 6.45) is -1.53. The van der Waals surface area contributed by atoms with Gasteiger partial charge in [-0.3, -0.25) is 9.69 Å². The van der Waals surface area contributed by atoms with E-state index in [1.54, 1.807) is 55.1 Å². The van der Waals surface area contributed by atoms with Gasteiger partial charge in [0.25, 0.3) is 5.91 Å². The summed E-state index contributed by atoms with van der Waals surface area (Å²) >= 11 is 12.4. The summed E-state index contributed by atoms with van der Waals surface area (Å²) in [7, 11) is 0. The van der Waals surface area contributed by atoms with Crippen molar-refractivity contribution in [1.82, 2.24) is 4.90 Å². The van der Waals surface area contributed by atoms with Crippen LogP contribution in [0.2, 0.25) is 10.0 Å². The topological polar surface area (TPSA) is 79.2 Å². The molecular weight excluding hydrogens is 513 g/mol. The van der Waals surface area contributed by atoms with Gasteiger partial charge in [0.1, 0.15) is 12.2 Å². The van der Waals surface area contributed by atoms with E-state index >= 15 is 0 Å². The number of aliphatic hydroxyl groups is 2. The van der Waals surface area contributed by atoms with E-state index in [9.17, 15) is 15.0 Å². The van der Waals surface area contributed by atoms with Crippen LogP contribution in [0.1, 0.15) is 59.4 Å². The highest BCUT2D eigenvalue weighted by molar-refractivity contribution is 6.30. The number of hydrogen-bond donors (Lipinski definition) is 2. The van der Waals surface area contributed by atoms with E-state index in [0.29, 0.717) is 32.3 Å². The zero-order valence-electron chi connectivity index (χ0n) is 20.8. The van der Waals surface area contributed by atoms with E-state index in [0.717, 1.165) is 5.56 Å². The minimum Gasteiger partial charge on any atom is -0.388 e. The van der Waals surface area contributed by atoms with Crippen molar-refractivity contribution in [2.45, 2.75) is 50.3 Å². The maximum atomic E-state index is 14.3. The molecule has 1 fully saturated rings. The smallest absolute Gasteiger partial charge is 0.257 e. The van der Waals surface area contributed by atoms with E-state index in [2.05, 4.69) is 0 Å². The first-order valence-electron chi connectivity index (χ1n) is 12.2. The molecule has 0 saturated carbocycles. The van der Waals surface area contributed by atoms with Gasteiger partial charge in [0.15, 0.2) is 5.72 Å². The van der Waals surface area contributed by atoms with Crippen molar-refractivity contribution in [3.05, 3.63) is 105 Å². The number of benzene rings is 3. The Morgan fingerprint density at radius 2 is 1.65 bits per heavy atom. The van der Waals surface area contributed by atoms with Crippen molar-refractivity contribution in [2.24, 2.45) is 0 Å². The Morgan fingerprint density at radius 3 is 2.22 bits per heavy atom. The van der Waals surface area contributed by atoms with Crippen LogP contribution in [0, 0.1) is 0 Å². The molecule has 2 aliphatic rings. The average Bonchev–Trinajstić information content (AvgIpc) is 3.37. The second-order valence-corrected chi connectivity index (χ2v) is 11.0. The molecular formula is C29H29Cl2NO5. The summed E-state index contributed by atoms with van der Waals surface area (Å²) in [6.45, 7) is 5.62. The fourth-order valence-corrected chi connectivity index (χ4v) is 5.40. The molecule has 2 N–H and O–H groups in total. The Balaban J connectivity index is 1.77. The molecule has 0 aliphatic carbocycles. The number of hydrogen-bond acceptors (Lipinski definition) is 5. The molecule has 0 unspecified atom stereocenters. The minimum absolute atomic E-state index is 0.145. The standard InChI is InChI=1S/C29H29Cl2NO5/c1-17(18-4-9-21(30)10-5-18)32-27(34)23-14-20(28(2,3)35)8-13-24(23)29(32,19-6-11-22(31)12-7-19)37-26-16-36-15-25(26)33/h4-14,17,25-26,33,35H,15-16H2,1-3H3/t17-,25+,26-,29+/m0/s1. The molecule has 1 saturated heterocycles.